The first kappa shape index (κ1) is 20.3. The molecule has 0 bridgehead atoms. The van der Waals surface area contributed by atoms with Crippen molar-refractivity contribution in [3.63, 3.8) is 0 Å². The van der Waals surface area contributed by atoms with Gasteiger partial charge in [0.2, 0.25) is 0 Å². The Morgan fingerprint density at radius 2 is 1.69 bits per heavy atom. The maximum absolute atomic E-state index is 11.8. The number of carbonyl (C=O) groups excluding carboxylic acids is 1. The molecule has 1 atom stereocenters. The highest BCUT2D eigenvalue weighted by Crippen LogP contribution is 2.25. The van der Waals surface area contributed by atoms with Crippen molar-refractivity contribution in [1.29, 1.82) is 0 Å². The number of hydrogen-bond acceptors (Lipinski definition) is 5. The van der Waals surface area contributed by atoms with E-state index in [4.69, 9.17) is 9.47 Å². The fourth-order valence-corrected chi connectivity index (χ4v) is 2.77. The van der Waals surface area contributed by atoms with Crippen LogP contribution in [-0.4, -0.2) is 30.6 Å². The van der Waals surface area contributed by atoms with Gasteiger partial charge in [-0.15, -0.1) is 0 Å². The average molecular weight is 389 g/mol. The van der Waals surface area contributed by atoms with Crippen LogP contribution in [0.4, 0.5) is 0 Å². The molecular formula is C24H23NO4. The molecule has 0 heterocycles. The Labute approximate surface area is 170 Å². The molecule has 5 heteroatoms. The maximum Gasteiger partial charge on any atom is 0.341 e. The van der Waals surface area contributed by atoms with Gasteiger partial charge in [-0.25, -0.2) is 4.79 Å². The summed E-state index contributed by atoms with van der Waals surface area (Å²) < 4.78 is 10.6. The number of ether oxygens (including phenoxy) is 2. The number of carbonyl (C=O) groups is 1. The van der Waals surface area contributed by atoms with Gasteiger partial charge in [0.15, 0.2) is 0 Å². The van der Waals surface area contributed by atoms with Crippen molar-refractivity contribution >= 4 is 12.2 Å². The molecule has 5 nitrogen and oxygen atoms in total. The van der Waals surface area contributed by atoms with Crippen molar-refractivity contribution in [3.05, 3.63) is 95.6 Å². The number of aryl methyl sites for hydroxylation is 1. The van der Waals surface area contributed by atoms with Gasteiger partial charge in [0.1, 0.15) is 23.3 Å². The second-order valence-corrected chi connectivity index (χ2v) is 6.44. The highest BCUT2D eigenvalue weighted by atomic mass is 16.5. The third-order valence-corrected chi connectivity index (χ3v) is 4.33. The van der Waals surface area contributed by atoms with Crippen LogP contribution in [0, 0.1) is 0 Å². The molecule has 0 aliphatic carbocycles. The van der Waals surface area contributed by atoms with Crippen LogP contribution >= 0.6 is 0 Å². The summed E-state index contributed by atoms with van der Waals surface area (Å²) in [7, 11) is 1.33. The third kappa shape index (κ3) is 6.02. The van der Waals surface area contributed by atoms with Crippen molar-refractivity contribution in [2.75, 3.05) is 7.11 Å². The van der Waals surface area contributed by atoms with Crippen molar-refractivity contribution in [2.24, 2.45) is 4.99 Å². The zero-order valence-electron chi connectivity index (χ0n) is 16.2. The molecule has 0 aliphatic heterocycles. The van der Waals surface area contributed by atoms with E-state index >= 15 is 0 Å². The molecule has 148 valence electrons. The number of aliphatic hydroxyl groups is 1. The Hall–Kier alpha value is -3.44. The SMILES string of the molecule is COC(=O)c1ccccc1Oc1ccc(C=NC(O)CCc2ccccc2)cc1. The van der Waals surface area contributed by atoms with Gasteiger partial charge in [0.25, 0.3) is 0 Å². The van der Waals surface area contributed by atoms with E-state index in [1.807, 2.05) is 42.5 Å². The lowest BCUT2D eigenvalue weighted by Gasteiger charge is -2.10. The first-order chi connectivity index (χ1) is 14.2. The van der Waals surface area contributed by atoms with Crippen LogP contribution in [0.2, 0.25) is 0 Å². The van der Waals surface area contributed by atoms with Crippen LogP contribution in [0.1, 0.15) is 27.9 Å². The zero-order valence-corrected chi connectivity index (χ0v) is 16.2. The van der Waals surface area contributed by atoms with Gasteiger partial charge in [-0.1, -0.05) is 42.5 Å². The second-order valence-electron chi connectivity index (χ2n) is 6.44. The van der Waals surface area contributed by atoms with Crippen LogP contribution in [0.25, 0.3) is 0 Å². The molecule has 29 heavy (non-hydrogen) atoms. The average Bonchev–Trinajstić information content (AvgIpc) is 2.78. The predicted molar refractivity (Wildman–Crippen MR) is 113 cm³/mol. The molecule has 3 rings (SSSR count). The summed E-state index contributed by atoms with van der Waals surface area (Å²) >= 11 is 0. The van der Waals surface area contributed by atoms with E-state index in [2.05, 4.69) is 4.99 Å². The highest BCUT2D eigenvalue weighted by molar-refractivity contribution is 5.92. The molecule has 1 unspecified atom stereocenters. The third-order valence-electron chi connectivity index (χ3n) is 4.33. The number of rotatable bonds is 8. The minimum atomic E-state index is -0.752. The fraction of sp³-hybridized carbons (Fsp3) is 0.167. The quantitative estimate of drug-likeness (QED) is 0.450. The van der Waals surface area contributed by atoms with Gasteiger partial charge in [-0.3, -0.25) is 4.99 Å². The summed E-state index contributed by atoms with van der Waals surface area (Å²) in [6.45, 7) is 0. The van der Waals surface area contributed by atoms with Crippen molar-refractivity contribution < 1.29 is 19.4 Å². The van der Waals surface area contributed by atoms with Crippen molar-refractivity contribution in [1.82, 2.24) is 0 Å². The van der Waals surface area contributed by atoms with E-state index in [0.29, 0.717) is 23.5 Å². The smallest absolute Gasteiger partial charge is 0.341 e. The Kier molecular flexibility index (Phi) is 7.14. The molecule has 0 amide bonds. The van der Waals surface area contributed by atoms with E-state index in [-0.39, 0.29) is 0 Å². The Bertz CT molecular complexity index is 952. The van der Waals surface area contributed by atoms with E-state index in [0.717, 1.165) is 12.0 Å². The lowest BCUT2D eigenvalue weighted by molar-refractivity contribution is 0.0598. The van der Waals surface area contributed by atoms with Gasteiger partial charge < -0.3 is 14.6 Å². The molecule has 0 saturated heterocycles. The Morgan fingerprint density at radius 3 is 2.41 bits per heavy atom. The Morgan fingerprint density at radius 1 is 1.00 bits per heavy atom. The van der Waals surface area contributed by atoms with Crippen LogP contribution < -0.4 is 4.74 Å². The molecule has 0 aromatic heterocycles. The van der Waals surface area contributed by atoms with Crippen molar-refractivity contribution in [3.8, 4) is 11.5 Å². The van der Waals surface area contributed by atoms with Crippen LogP contribution in [0.3, 0.4) is 0 Å². The van der Waals surface area contributed by atoms with Gasteiger partial charge >= 0.3 is 5.97 Å². The molecule has 0 fully saturated rings. The van der Waals surface area contributed by atoms with Crippen molar-refractivity contribution in [2.45, 2.75) is 19.1 Å². The summed E-state index contributed by atoms with van der Waals surface area (Å²) in [5, 5.41) is 10.1. The zero-order chi connectivity index (χ0) is 20.5. The number of aliphatic imine (C=N–C) groups is 1. The maximum atomic E-state index is 11.8. The number of esters is 1. The summed E-state index contributed by atoms with van der Waals surface area (Å²) in [5.41, 5.74) is 2.38. The van der Waals surface area contributed by atoms with E-state index in [9.17, 15) is 9.90 Å². The lowest BCUT2D eigenvalue weighted by atomic mass is 10.1. The summed E-state index contributed by atoms with van der Waals surface area (Å²) in [6, 6.07) is 24.2. The van der Waals surface area contributed by atoms with Gasteiger partial charge in [0.05, 0.1) is 7.11 Å². The molecular weight excluding hydrogens is 366 g/mol. The highest BCUT2D eigenvalue weighted by Gasteiger charge is 2.12. The van der Waals surface area contributed by atoms with Crippen LogP contribution in [0.15, 0.2) is 83.9 Å². The predicted octanol–water partition coefficient (Wildman–Crippen LogP) is 4.64. The van der Waals surface area contributed by atoms with Crippen LogP contribution in [-0.2, 0) is 11.2 Å². The minimum Gasteiger partial charge on any atom is -0.465 e. The standard InChI is InChI=1S/C24H23NO4/c1-28-24(27)21-9-5-6-10-22(21)29-20-14-11-19(12-15-20)17-25-23(26)16-13-18-7-3-2-4-8-18/h2-12,14-15,17,23,26H,13,16H2,1H3. The molecule has 0 saturated carbocycles. The van der Waals surface area contributed by atoms with E-state index < -0.39 is 12.2 Å². The first-order valence-corrected chi connectivity index (χ1v) is 9.36. The molecule has 0 spiro atoms. The molecule has 3 aromatic rings. The summed E-state index contributed by atoms with van der Waals surface area (Å²) in [4.78, 5) is 16.0. The number of benzene rings is 3. The van der Waals surface area contributed by atoms with E-state index in [1.165, 1.54) is 12.7 Å². The second kappa shape index (κ2) is 10.2. The monoisotopic (exact) mass is 389 g/mol. The summed E-state index contributed by atoms with van der Waals surface area (Å²) in [6.07, 6.45) is 2.22. The molecule has 0 radical (unpaired) electrons. The topological polar surface area (TPSA) is 68.1 Å². The molecule has 3 aromatic carbocycles. The van der Waals surface area contributed by atoms with Gasteiger partial charge in [-0.05, 0) is 60.4 Å². The first-order valence-electron chi connectivity index (χ1n) is 9.36. The van der Waals surface area contributed by atoms with E-state index in [1.54, 1.807) is 42.6 Å². The largest absolute Gasteiger partial charge is 0.465 e. The number of aliphatic hydroxyl groups excluding tert-OH is 1. The van der Waals surface area contributed by atoms with Gasteiger partial charge in [-0.2, -0.15) is 0 Å². The molecule has 0 aliphatic rings. The number of nitrogens with zero attached hydrogens (tertiary/aromatic N) is 1. The van der Waals surface area contributed by atoms with Gasteiger partial charge in [0, 0.05) is 6.21 Å². The fourth-order valence-electron chi connectivity index (χ4n) is 2.77. The molecule has 1 N–H and O–H groups in total. The number of hydrogen-bond donors (Lipinski definition) is 1. The van der Waals surface area contributed by atoms with Crippen LogP contribution in [0.5, 0.6) is 11.5 Å². The minimum absolute atomic E-state index is 0.363. The Balaban J connectivity index is 1.58. The summed E-state index contributed by atoms with van der Waals surface area (Å²) in [5.74, 6) is 0.564. The number of para-hydroxylation sites is 1. The lowest BCUT2D eigenvalue weighted by Crippen LogP contribution is -2.05. The normalized spacial score (nSPS) is 11.9. The number of methoxy groups -OCH3 is 1.